The summed E-state index contributed by atoms with van der Waals surface area (Å²) in [7, 11) is 1.87. The van der Waals surface area contributed by atoms with Gasteiger partial charge in [-0.3, -0.25) is 9.78 Å². The summed E-state index contributed by atoms with van der Waals surface area (Å²) in [4.78, 5) is 17.9. The van der Waals surface area contributed by atoms with Crippen LogP contribution in [0.25, 0.3) is 0 Å². The predicted molar refractivity (Wildman–Crippen MR) is 70.9 cm³/mol. The van der Waals surface area contributed by atoms with Gasteiger partial charge in [0.2, 0.25) is 0 Å². The molecular weight excluding hydrogens is 230 g/mol. The summed E-state index contributed by atoms with van der Waals surface area (Å²) in [6.07, 6.45) is 1.60. The van der Waals surface area contributed by atoms with Gasteiger partial charge in [0, 0.05) is 31.9 Å². The molecule has 18 heavy (non-hydrogen) atoms. The summed E-state index contributed by atoms with van der Waals surface area (Å²) >= 11 is 0. The first-order chi connectivity index (χ1) is 8.72. The van der Waals surface area contributed by atoms with E-state index in [0.29, 0.717) is 31.1 Å². The van der Waals surface area contributed by atoms with Crippen LogP contribution in [0.4, 0.5) is 0 Å². The van der Waals surface area contributed by atoms with Crippen molar-refractivity contribution < 1.29 is 9.53 Å². The smallest absolute Gasteiger partial charge is 0.272 e. The Hall–Kier alpha value is -1.62. The van der Waals surface area contributed by atoms with Gasteiger partial charge in [-0.1, -0.05) is 0 Å². The molecule has 0 unspecified atom stereocenters. The lowest BCUT2D eigenvalue weighted by molar-refractivity contribution is 0.0766. The van der Waals surface area contributed by atoms with Gasteiger partial charge in [-0.25, -0.2) is 0 Å². The fraction of sp³-hybridized carbons (Fsp3) is 0.538. The van der Waals surface area contributed by atoms with Gasteiger partial charge < -0.3 is 15.0 Å². The number of rotatable bonds is 7. The van der Waals surface area contributed by atoms with E-state index in [1.165, 1.54) is 0 Å². The fourth-order valence-electron chi connectivity index (χ4n) is 1.56. The molecule has 0 aromatic carbocycles. The summed E-state index contributed by atoms with van der Waals surface area (Å²) in [5, 5.41) is 3.00. The molecule has 0 spiro atoms. The zero-order valence-corrected chi connectivity index (χ0v) is 11.3. The number of pyridine rings is 1. The van der Waals surface area contributed by atoms with Crippen LogP contribution in [-0.2, 0) is 0 Å². The van der Waals surface area contributed by atoms with Crippen molar-refractivity contribution in [1.82, 2.24) is 15.2 Å². The molecule has 0 saturated carbocycles. The minimum Gasteiger partial charge on any atom is -0.492 e. The highest BCUT2D eigenvalue weighted by atomic mass is 16.5. The molecule has 1 N–H and O–H groups in total. The lowest BCUT2D eigenvalue weighted by atomic mass is 10.3. The number of carbonyl (C=O) groups is 1. The molecule has 0 saturated heterocycles. The average Bonchev–Trinajstić information content (AvgIpc) is 2.41. The van der Waals surface area contributed by atoms with E-state index in [-0.39, 0.29) is 5.91 Å². The lowest BCUT2D eigenvalue weighted by Gasteiger charge is -2.18. The topological polar surface area (TPSA) is 54.5 Å². The van der Waals surface area contributed by atoms with Crippen molar-refractivity contribution in [2.75, 3.05) is 33.3 Å². The number of hydrogen-bond donors (Lipinski definition) is 1. The second-order valence-electron chi connectivity index (χ2n) is 3.81. The Balaban J connectivity index is 2.71. The molecule has 100 valence electrons. The molecule has 1 rings (SSSR count). The minimum absolute atomic E-state index is 0.0564. The molecule has 1 heterocycles. The van der Waals surface area contributed by atoms with Crippen LogP contribution in [0.3, 0.4) is 0 Å². The van der Waals surface area contributed by atoms with Crippen molar-refractivity contribution in [3.8, 4) is 5.75 Å². The average molecular weight is 251 g/mol. The highest BCUT2D eigenvalue weighted by molar-refractivity contribution is 5.92. The maximum atomic E-state index is 12.1. The van der Waals surface area contributed by atoms with Crippen LogP contribution in [0.5, 0.6) is 5.75 Å². The minimum atomic E-state index is -0.0564. The number of nitrogens with zero attached hydrogens (tertiary/aromatic N) is 2. The lowest BCUT2D eigenvalue weighted by Crippen LogP contribution is -2.31. The van der Waals surface area contributed by atoms with Crippen LogP contribution < -0.4 is 10.1 Å². The van der Waals surface area contributed by atoms with Crippen molar-refractivity contribution in [1.29, 1.82) is 0 Å². The van der Waals surface area contributed by atoms with Crippen molar-refractivity contribution in [2.24, 2.45) is 0 Å². The largest absolute Gasteiger partial charge is 0.492 e. The van der Waals surface area contributed by atoms with Crippen LogP contribution >= 0.6 is 0 Å². The fourth-order valence-corrected chi connectivity index (χ4v) is 1.56. The second kappa shape index (κ2) is 7.66. The Kier molecular flexibility index (Phi) is 6.14. The quantitative estimate of drug-likeness (QED) is 0.739. The molecule has 0 aliphatic rings. The third-order valence-electron chi connectivity index (χ3n) is 2.62. The molecular formula is C13H21N3O2. The maximum absolute atomic E-state index is 12.1. The third kappa shape index (κ3) is 4.00. The molecule has 0 atom stereocenters. The van der Waals surface area contributed by atoms with Crippen molar-refractivity contribution in [3.05, 3.63) is 24.0 Å². The van der Waals surface area contributed by atoms with Crippen LogP contribution in [0.15, 0.2) is 18.3 Å². The summed E-state index contributed by atoms with van der Waals surface area (Å²) < 4.78 is 5.51. The SMILES string of the molecule is CCN(CC)C(=O)c1cc(OCCNC)ccn1. The molecule has 5 nitrogen and oxygen atoms in total. The number of nitrogens with one attached hydrogen (secondary N) is 1. The first-order valence-corrected chi connectivity index (χ1v) is 6.25. The van der Waals surface area contributed by atoms with Crippen LogP contribution in [0.1, 0.15) is 24.3 Å². The van der Waals surface area contributed by atoms with Gasteiger partial charge in [0.25, 0.3) is 5.91 Å². The molecule has 5 heteroatoms. The molecule has 0 aliphatic heterocycles. The van der Waals surface area contributed by atoms with Gasteiger partial charge in [-0.05, 0) is 27.0 Å². The highest BCUT2D eigenvalue weighted by Crippen LogP contribution is 2.12. The van der Waals surface area contributed by atoms with E-state index in [9.17, 15) is 4.79 Å². The highest BCUT2D eigenvalue weighted by Gasteiger charge is 2.14. The molecule has 0 radical (unpaired) electrons. The number of amides is 1. The number of ether oxygens (including phenoxy) is 1. The number of carbonyl (C=O) groups excluding carboxylic acids is 1. The Morgan fingerprint density at radius 1 is 1.44 bits per heavy atom. The van der Waals surface area contributed by atoms with Gasteiger partial charge in [-0.2, -0.15) is 0 Å². The van der Waals surface area contributed by atoms with Crippen molar-refractivity contribution in [3.63, 3.8) is 0 Å². The number of likely N-dealkylation sites (N-methyl/N-ethyl adjacent to an activating group) is 1. The van der Waals surface area contributed by atoms with E-state index in [1.807, 2.05) is 20.9 Å². The second-order valence-corrected chi connectivity index (χ2v) is 3.81. The van der Waals surface area contributed by atoms with Gasteiger partial charge >= 0.3 is 0 Å². The first kappa shape index (κ1) is 14.4. The number of hydrogen-bond acceptors (Lipinski definition) is 4. The standard InChI is InChI=1S/C13H21N3O2/c1-4-16(5-2)13(17)12-10-11(6-7-15-12)18-9-8-14-3/h6-7,10,14H,4-5,8-9H2,1-3H3. The maximum Gasteiger partial charge on any atom is 0.272 e. The summed E-state index contributed by atoms with van der Waals surface area (Å²) in [5.74, 6) is 0.620. The molecule has 1 aromatic heterocycles. The van der Waals surface area contributed by atoms with E-state index in [4.69, 9.17) is 4.74 Å². The summed E-state index contributed by atoms with van der Waals surface area (Å²) in [6, 6.07) is 3.45. The molecule has 0 bridgehead atoms. The normalized spacial score (nSPS) is 10.2. The van der Waals surface area contributed by atoms with E-state index in [0.717, 1.165) is 6.54 Å². The Morgan fingerprint density at radius 2 is 2.17 bits per heavy atom. The van der Waals surface area contributed by atoms with E-state index in [1.54, 1.807) is 23.2 Å². The van der Waals surface area contributed by atoms with Gasteiger partial charge in [0.15, 0.2) is 0 Å². The van der Waals surface area contributed by atoms with Gasteiger partial charge in [0.05, 0.1) is 0 Å². The molecule has 1 amide bonds. The Bertz CT molecular complexity index is 378. The monoisotopic (exact) mass is 251 g/mol. The van der Waals surface area contributed by atoms with Gasteiger partial charge in [0.1, 0.15) is 18.1 Å². The predicted octanol–water partition coefficient (Wildman–Crippen LogP) is 1.16. The van der Waals surface area contributed by atoms with Crippen molar-refractivity contribution in [2.45, 2.75) is 13.8 Å². The van der Waals surface area contributed by atoms with Gasteiger partial charge in [-0.15, -0.1) is 0 Å². The summed E-state index contributed by atoms with van der Waals surface area (Å²) in [6.45, 7) is 6.61. The van der Waals surface area contributed by atoms with E-state index < -0.39 is 0 Å². The van der Waals surface area contributed by atoms with E-state index >= 15 is 0 Å². The van der Waals surface area contributed by atoms with Crippen molar-refractivity contribution >= 4 is 5.91 Å². The zero-order chi connectivity index (χ0) is 13.4. The first-order valence-electron chi connectivity index (χ1n) is 6.25. The zero-order valence-electron chi connectivity index (χ0n) is 11.3. The molecule has 1 aromatic rings. The molecule has 0 aliphatic carbocycles. The van der Waals surface area contributed by atoms with E-state index in [2.05, 4.69) is 10.3 Å². The summed E-state index contributed by atoms with van der Waals surface area (Å²) in [5.41, 5.74) is 0.431. The molecule has 0 fully saturated rings. The van der Waals surface area contributed by atoms with Crippen LogP contribution in [0, 0.1) is 0 Å². The van der Waals surface area contributed by atoms with Crippen LogP contribution in [-0.4, -0.2) is 49.1 Å². The van der Waals surface area contributed by atoms with Crippen LogP contribution in [0.2, 0.25) is 0 Å². The number of aromatic nitrogens is 1. The third-order valence-corrected chi connectivity index (χ3v) is 2.62. The Morgan fingerprint density at radius 3 is 2.78 bits per heavy atom. The Labute approximate surface area is 108 Å².